The van der Waals surface area contributed by atoms with Gasteiger partial charge in [-0.2, -0.15) is 0 Å². The molecule has 6 nitrogen and oxygen atoms in total. The van der Waals surface area contributed by atoms with E-state index in [0.29, 0.717) is 19.1 Å². The largest absolute Gasteiger partial charge is 0.448 e. The number of rotatable bonds is 7. The standard InChI is InChI=1S/C20H28ClN3O3/c1-22(19(25)15-24-11-12-27-20(24)26)13-17-3-2-9-23(14-17)10-8-16-4-6-18(21)7-5-16/h4-7,17H,2-3,8-15H2,1H3. The number of likely N-dealkylation sites (tertiary alicyclic amines) is 1. The smallest absolute Gasteiger partial charge is 0.410 e. The molecule has 2 fully saturated rings. The van der Waals surface area contributed by atoms with E-state index in [2.05, 4.69) is 17.0 Å². The number of carbonyl (C=O) groups excluding carboxylic acids is 2. The van der Waals surface area contributed by atoms with Crippen molar-refractivity contribution in [3.63, 3.8) is 0 Å². The highest BCUT2D eigenvalue weighted by molar-refractivity contribution is 6.30. The summed E-state index contributed by atoms with van der Waals surface area (Å²) in [5.41, 5.74) is 1.30. The Labute approximate surface area is 166 Å². The van der Waals surface area contributed by atoms with Crippen LogP contribution in [0.3, 0.4) is 0 Å². The summed E-state index contributed by atoms with van der Waals surface area (Å²) < 4.78 is 4.88. The molecule has 0 spiro atoms. The molecule has 0 aliphatic carbocycles. The van der Waals surface area contributed by atoms with Gasteiger partial charge in [0.2, 0.25) is 5.91 Å². The highest BCUT2D eigenvalue weighted by Gasteiger charge is 2.27. The molecule has 0 aromatic heterocycles. The highest BCUT2D eigenvalue weighted by atomic mass is 35.5. The third-order valence-corrected chi connectivity index (χ3v) is 5.61. The zero-order valence-electron chi connectivity index (χ0n) is 15.9. The number of cyclic esters (lactones) is 1. The maximum Gasteiger partial charge on any atom is 0.410 e. The first-order valence-corrected chi connectivity index (χ1v) is 10.0. The molecule has 2 aliphatic rings. The Kier molecular flexibility index (Phi) is 6.96. The van der Waals surface area contributed by atoms with Gasteiger partial charge in [-0.25, -0.2) is 4.79 Å². The minimum Gasteiger partial charge on any atom is -0.448 e. The molecule has 0 saturated carbocycles. The predicted octanol–water partition coefficient (Wildman–Crippen LogP) is 2.51. The van der Waals surface area contributed by atoms with Crippen molar-refractivity contribution >= 4 is 23.6 Å². The Morgan fingerprint density at radius 1 is 1.30 bits per heavy atom. The van der Waals surface area contributed by atoms with Gasteiger partial charge in [-0.15, -0.1) is 0 Å². The minimum atomic E-state index is -0.386. The highest BCUT2D eigenvalue weighted by Crippen LogP contribution is 2.18. The SMILES string of the molecule is CN(CC1CCCN(CCc2ccc(Cl)cc2)C1)C(=O)CN1CCOC1=O. The Morgan fingerprint density at radius 3 is 2.78 bits per heavy atom. The molecule has 7 heteroatoms. The lowest BCUT2D eigenvalue weighted by molar-refractivity contribution is -0.131. The molecule has 2 heterocycles. The number of nitrogens with zero attached hydrogens (tertiary/aromatic N) is 3. The third kappa shape index (κ3) is 5.84. The van der Waals surface area contributed by atoms with Gasteiger partial charge in [-0.05, 0) is 49.4 Å². The zero-order valence-corrected chi connectivity index (χ0v) is 16.7. The van der Waals surface area contributed by atoms with Crippen molar-refractivity contribution in [2.45, 2.75) is 19.3 Å². The number of halogens is 1. The fourth-order valence-electron chi connectivity index (χ4n) is 3.78. The van der Waals surface area contributed by atoms with Crippen LogP contribution < -0.4 is 0 Å². The van der Waals surface area contributed by atoms with Crippen molar-refractivity contribution < 1.29 is 14.3 Å². The quantitative estimate of drug-likeness (QED) is 0.714. The first kappa shape index (κ1) is 20.0. The molecule has 0 bridgehead atoms. The lowest BCUT2D eigenvalue weighted by Gasteiger charge is -2.35. The van der Waals surface area contributed by atoms with Crippen LogP contribution >= 0.6 is 11.6 Å². The van der Waals surface area contributed by atoms with Crippen molar-refractivity contribution in [2.24, 2.45) is 5.92 Å². The molecule has 1 aromatic rings. The van der Waals surface area contributed by atoms with E-state index in [1.165, 1.54) is 10.5 Å². The monoisotopic (exact) mass is 393 g/mol. The van der Waals surface area contributed by atoms with Crippen LogP contribution in [0.1, 0.15) is 18.4 Å². The molecule has 1 aromatic carbocycles. The topological polar surface area (TPSA) is 53.1 Å². The number of ether oxygens (including phenoxy) is 1. The van der Waals surface area contributed by atoms with Crippen LogP contribution in [0.25, 0.3) is 0 Å². The number of carbonyl (C=O) groups is 2. The minimum absolute atomic E-state index is 0.0212. The average molecular weight is 394 g/mol. The Balaban J connectivity index is 1.42. The number of benzene rings is 1. The molecule has 0 N–H and O–H groups in total. The lowest BCUT2D eigenvalue weighted by Crippen LogP contribution is -2.44. The van der Waals surface area contributed by atoms with Gasteiger partial charge in [-0.1, -0.05) is 23.7 Å². The molecule has 1 unspecified atom stereocenters. The molecule has 0 radical (unpaired) electrons. The number of piperidine rings is 1. The van der Waals surface area contributed by atoms with Gasteiger partial charge >= 0.3 is 6.09 Å². The van der Waals surface area contributed by atoms with E-state index in [1.54, 1.807) is 4.90 Å². The number of amides is 2. The Morgan fingerprint density at radius 2 is 2.07 bits per heavy atom. The molecular formula is C20H28ClN3O3. The van der Waals surface area contributed by atoms with Crippen LogP contribution in [0.15, 0.2) is 24.3 Å². The summed E-state index contributed by atoms with van der Waals surface area (Å²) in [6.07, 6.45) is 2.92. The lowest BCUT2D eigenvalue weighted by atomic mass is 9.97. The summed E-state index contributed by atoms with van der Waals surface area (Å²) in [7, 11) is 1.83. The number of likely N-dealkylation sites (N-methyl/N-ethyl adjacent to an activating group) is 1. The number of hydrogen-bond acceptors (Lipinski definition) is 4. The Hall–Kier alpha value is -1.79. The normalized spacial score (nSPS) is 20.6. The average Bonchev–Trinajstić information content (AvgIpc) is 3.06. The molecule has 27 heavy (non-hydrogen) atoms. The molecule has 1 atom stereocenters. The fraction of sp³-hybridized carbons (Fsp3) is 0.600. The van der Waals surface area contributed by atoms with E-state index >= 15 is 0 Å². The van der Waals surface area contributed by atoms with E-state index in [-0.39, 0.29) is 18.5 Å². The molecule has 2 aliphatic heterocycles. The number of hydrogen-bond donors (Lipinski definition) is 0. The first-order chi connectivity index (χ1) is 13.0. The summed E-state index contributed by atoms with van der Waals surface area (Å²) in [6.45, 7) is 4.87. The molecule has 2 saturated heterocycles. The van der Waals surface area contributed by atoms with Crippen LogP contribution in [0.5, 0.6) is 0 Å². The summed E-state index contributed by atoms with van der Waals surface area (Å²) in [6, 6.07) is 8.04. The van der Waals surface area contributed by atoms with Gasteiger partial charge in [0.05, 0.1) is 6.54 Å². The van der Waals surface area contributed by atoms with Crippen molar-refractivity contribution in [3.8, 4) is 0 Å². The van der Waals surface area contributed by atoms with Gasteiger partial charge < -0.3 is 14.5 Å². The summed E-state index contributed by atoms with van der Waals surface area (Å²) >= 11 is 5.94. The second-order valence-electron chi connectivity index (χ2n) is 7.50. The maximum atomic E-state index is 12.4. The van der Waals surface area contributed by atoms with E-state index in [1.807, 2.05) is 19.2 Å². The van der Waals surface area contributed by atoms with E-state index < -0.39 is 0 Å². The van der Waals surface area contributed by atoms with Crippen molar-refractivity contribution in [2.75, 3.05) is 52.9 Å². The second kappa shape index (κ2) is 9.42. The van der Waals surface area contributed by atoms with Crippen molar-refractivity contribution in [1.29, 1.82) is 0 Å². The van der Waals surface area contributed by atoms with Crippen LogP contribution in [0.2, 0.25) is 5.02 Å². The van der Waals surface area contributed by atoms with Gasteiger partial charge in [0, 0.05) is 31.7 Å². The summed E-state index contributed by atoms with van der Waals surface area (Å²) in [4.78, 5) is 29.6. The van der Waals surface area contributed by atoms with Crippen LogP contribution in [-0.4, -0.2) is 79.6 Å². The first-order valence-electron chi connectivity index (χ1n) is 9.64. The van der Waals surface area contributed by atoms with Gasteiger partial charge in [0.15, 0.2) is 0 Å². The maximum absolute atomic E-state index is 12.4. The molecular weight excluding hydrogens is 366 g/mol. The second-order valence-corrected chi connectivity index (χ2v) is 7.93. The molecule has 2 amide bonds. The Bertz CT molecular complexity index is 652. The fourth-order valence-corrected chi connectivity index (χ4v) is 3.91. The summed E-state index contributed by atoms with van der Waals surface area (Å²) in [5.74, 6) is 0.454. The molecule has 3 rings (SSSR count). The van der Waals surface area contributed by atoms with Gasteiger partial charge in [0.1, 0.15) is 13.2 Å². The van der Waals surface area contributed by atoms with E-state index in [9.17, 15) is 9.59 Å². The van der Waals surface area contributed by atoms with Crippen LogP contribution in [-0.2, 0) is 16.0 Å². The van der Waals surface area contributed by atoms with Crippen LogP contribution in [0, 0.1) is 5.92 Å². The van der Waals surface area contributed by atoms with E-state index in [0.717, 1.165) is 50.5 Å². The van der Waals surface area contributed by atoms with Crippen molar-refractivity contribution in [1.82, 2.24) is 14.7 Å². The van der Waals surface area contributed by atoms with Gasteiger partial charge in [0.25, 0.3) is 0 Å². The predicted molar refractivity (Wildman–Crippen MR) is 105 cm³/mol. The van der Waals surface area contributed by atoms with Gasteiger partial charge in [-0.3, -0.25) is 9.69 Å². The zero-order chi connectivity index (χ0) is 19.2. The summed E-state index contributed by atoms with van der Waals surface area (Å²) in [5, 5.41) is 0.770. The van der Waals surface area contributed by atoms with Crippen LogP contribution in [0.4, 0.5) is 4.79 Å². The molecule has 148 valence electrons. The van der Waals surface area contributed by atoms with Crippen molar-refractivity contribution in [3.05, 3.63) is 34.9 Å². The third-order valence-electron chi connectivity index (χ3n) is 5.36. The van der Waals surface area contributed by atoms with E-state index in [4.69, 9.17) is 16.3 Å².